The third kappa shape index (κ3) is 2.47. The lowest BCUT2D eigenvalue weighted by Crippen LogP contribution is -1.91. The quantitative estimate of drug-likeness (QED) is 0.772. The summed E-state index contributed by atoms with van der Waals surface area (Å²) in [5.74, 6) is 4.50. The Bertz CT molecular complexity index is 613. The molecule has 0 aliphatic heterocycles. The molecule has 0 fully saturated rings. The van der Waals surface area contributed by atoms with Gasteiger partial charge in [-0.05, 0) is 24.3 Å². The van der Waals surface area contributed by atoms with E-state index >= 15 is 0 Å². The molecular formula is C13H10O4. The van der Waals surface area contributed by atoms with E-state index in [1.807, 2.05) is 0 Å². The van der Waals surface area contributed by atoms with Crippen LogP contribution in [0.5, 0.6) is 0 Å². The van der Waals surface area contributed by atoms with Crippen LogP contribution in [0.2, 0.25) is 0 Å². The third-order valence-electron chi connectivity index (χ3n) is 2.20. The fourth-order valence-electron chi connectivity index (χ4n) is 1.45. The number of aromatic carboxylic acids is 1. The predicted molar refractivity (Wildman–Crippen MR) is 61.8 cm³/mol. The van der Waals surface area contributed by atoms with Gasteiger partial charge in [-0.1, -0.05) is 11.8 Å². The lowest BCUT2D eigenvalue weighted by atomic mass is 10.1. The largest absolute Gasteiger partial charge is 0.475 e. The molecule has 2 N–H and O–H groups in total. The molecule has 2 aromatic rings. The Kier molecular flexibility index (Phi) is 3.12. The molecule has 2 rings (SSSR count). The van der Waals surface area contributed by atoms with Crippen molar-refractivity contribution < 1.29 is 19.4 Å². The van der Waals surface area contributed by atoms with Gasteiger partial charge in [0.1, 0.15) is 5.58 Å². The summed E-state index contributed by atoms with van der Waals surface area (Å²) >= 11 is 0. The van der Waals surface area contributed by atoms with Crippen molar-refractivity contribution in [3.63, 3.8) is 0 Å². The monoisotopic (exact) mass is 230 g/mol. The van der Waals surface area contributed by atoms with Crippen LogP contribution >= 0.6 is 0 Å². The number of fused-ring (bicyclic) bond motifs is 1. The molecule has 0 unspecified atom stereocenters. The van der Waals surface area contributed by atoms with Gasteiger partial charge in [0, 0.05) is 17.4 Å². The van der Waals surface area contributed by atoms with Gasteiger partial charge in [-0.2, -0.15) is 0 Å². The highest BCUT2D eigenvalue weighted by Gasteiger charge is 2.09. The first-order valence-corrected chi connectivity index (χ1v) is 5.07. The van der Waals surface area contributed by atoms with Crippen molar-refractivity contribution in [2.24, 2.45) is 0 Å². The Balaban J connectivity index is 2.37. The van der Waals surface area contributed by atoms with Gasteiger partial charge in [-0.15, -0.1) is 0 Å². The first-order valence-electron chi connectivity index (χ1n) is 5.07. The fraction of sp³-hybridized carbons (Fsp3) is 0.154. The van der Waals surface area contributed by atoms with Gasteiger partial charge in [0.15, 0.2) is 0 Å². The molecule has 0 bridgehead atoms. The van der Waals surface area contributed by atoms with E-state index in [4.69, 9.17) is 14.6 Å². The number of carbonyl (C=O) groups is 1. The second-order valence-electron chi connectivity index (χ2n) is 3.44. The van der Waals surface area contributed by atoms with Crippen molar-refractivity contribution in [3.8, 4) is 11.8 Å². The first kappa shape index (κ1) is 11.2. The van der Waals surface area contributed by atoms with Gasteiger partial charge < -0.3 is 14.6 Å². The summed E-state index contributed by atoms with van der Waals surface area (Å²) in [5, 5.41) is 18.1. The topological polar surface area (TPSA) is 70.7 Å². The molecule has 17 heavy (non-hydrogen) atoms. The zero-order valence-corrected chi connectivity index (χ0v) is 8.93. The average Bonchev–Trinajstić information content (AvgIpc) is 2.72. The number of hydrogen-bond donors (Lipinski definition) is 2. The number of benzene rings is 1. The maximum atomic E-state index is 10.7. The third-order valence-corrected chi connectivity index (χ3v) is 2.20. The number of carboxylic acids is 1. The Hall–Kier alpha value is -2.25. The molecule has 0 aliphatic carbocycles. The first-order chi connectivity index (χ1) is 8.20. The second-order valence-corrected chi connectivity index (χ2v) is 3.44. The zero-order valence-electron chi connectivity index (χ0n) is 8.93. The van der Waals surface area contributed by atoms with Gasteiger partial charge in [0.25, 0.3) is 0 Å². The molecule has 86 valence electrons. The van der Waals surface area contributed by atoms with Crippen LogP contribution in [0, 0.1) is 11.8 Å². The number of aliphatic hydroxyl groups is 1. The number of rotatable bonds is 2. The van der Waals surface area contributed by atoms with E-state index in [-0.39, 0.29) is 12.4 Å². The van der Waals surface area contributed by atoms with E-state index in [0.29, 0.717) is 17.4 Å². The van der Waals surface area contributed by atoms with Crippen LogP contribution in [-0.4, -0.2) is 22.8 Å². The number of aliphatic hydroxyl groups excluding tert-OH is 1. The molecule has 0 spiro atoms. The zero-order chi connectivity index (χ0) is 12.3. The van der Waals surface area contributed by atoms with Gasteiger partial charge in [-0.25, -0.2) is 4.79 Å². The van der Waals surface area contributed by atoms with E-state index in [1.54, 1.807) is 18.2 Å². The van der Waals surface area contributed by atoms with Crippen LogP contribution < -0.4 is 0 Å². The molecule has 0 atom stereocenters. The van der Waals surface area contributed by atoms with Crippen LogP contribution in [-0.2, 0) is 0 Å². The highest BCUT2D eigenvalue weighted by Crippen LogP contribution is 2.20. The average molecular weight is 230 g/mol. The van der Waals surface area contributed by atoms with E-state index < -0.39 is 5.97 Å². The molecule has 0 saturated carbocycles. The summed E-state index contributed by atoms with van der Waals surface area (Å²) < 4.78 is 5.12. The summed E-state index contributed by atoms with van der Waals surface area (Å²) in [6.07, 6.45) is 0.420. The summed E-state index contributed by atoms with van der Waals surface area (Å²) in [6, 6.07) is 6.66. The minimum Gasteiger partial charge on any atom is -0.475 e. The van der Waals surface area contributed by atoms with Crippen molar-refractivity contribution in [2.75, 3.05) is 6.61 Å². The molecule has 1 aromatic heterocycles. The van der Waals surface area contributed by atoms with Crippen molar-refractivity contribution in [1.29, 1.82) is 0 Å². The van der Waals surface area contributed by atoms with Crippen LogP contribution in [0.15, 0.2) is 28.7 Å². The van der Waals surface area contributed by atoms with E-state index in [2.05, 4.69) is 11.8 Å². The van der Waals surface area contributed by atoms with Crippen molar-refractivity contribution in [1.82, 2.24) is 0 Å². The molecule has 0 aliphatic rings. The lowest BCUT2D eigenvalue weighted by molar-refractivity contribution is 0.0665. The number of carboxylic acid groups (broad SMARTS) is 1. The maximum Gasteiger partial charge on any atom is 0.371 e. The minimum atomic E-state index is -1.09. The highest BCUT2D eigenvalue weighted by atomic mass is 16.4. The SMILES string of the molecule is O=C(O)c1cc2cc(C#CCCO)ccc2o1. The van der Waals surface area contributed by atoms with E-state index in [1.165, 1.54) is 6.07 Å². The Labute approximate surface area is 97.5 Å². The van der Waals surface area contributed by atoms with Crippen LogP contribution in [0.3, 0.4) is 0 Å². The van der Waals surface area contributed by atoms with Crippen molar-refractivity contribution in [3.05, 3.63) is 35.6 Å². The molecule has 1 heterocycles. The van der Waals surface area contributed by atoms with Gasteiger partial charge in [-0.3, -0.25) is 0 Å². The number of furan rings is 1. The van der Waals surface area contributed by atoms with Crippen LogP contribution in [0.25, 0.3) is 11.0 Å². The van der Waals surface area contributed by atoms with E-state index in [0.717, 1.165) is 5.56 Å². The second kappa shape index (κ2) is 4.73. The van der Waals surface area contributed by atoms with Crippen molar-refractivity contribution >= 4 is 16.9 Å². The summed E-state index contributed by atoms with van der Waals surface area (Å²) in [7, 11) is 0. The van der Waals surface area contributed by atoms with Crippen molar-refractivity contribution in [2.45, 2.75) is 6.42 Å². The molecule has 0 amide bonds. The molecule has 4 nitrogen and oxygen atoms in total. The van der Waals surface area contributed by atoms with Crippen LogP contribution in [0.4, 0.5) is 0 Å². The van der Waals surface area contributed by atoms with E-state index in [9.17, 15) is 4.79 Å². The minimum absolute atomic E-state index is 0.0319. The highest BCUT2D eigenvalue weighted by molar-refractivity contribution is 5.91. The Morgan fingerprint density at radius 1 is 1.35 bits per heavy atom. The Morgan fingerprint density at radius 3 is 2.88 bits per heavy atom. The standard InChI is InChI=1S/C13H10O4/c14-6-2-1-3-9-4-5-11-10(7-9)8-12(17-11)13(15)16/h4-5,7-8,14H,2,6H2,(H,15,16). The maximum absolute atomic E-state index is 10.7. The van der Waals surface area contributed by atoms with Gasteiger partial charge in [0.2, 0.25) is 5.76 Å². The van der Waals surface area contributed by atoms with Gasteiger partial charge >= 0.3 is 5.97 Å². The summed E-state index contributed by atoms with van der Waals surface area (Å²) in [4.78, 5) is 10.7. The molecule has 1 aromatic carbocycles. The molecule has 0 saturated heterocycles. The Morgan fingerprint density at radius 2 is 2.18 bits per heavy atom. The lowest BCUT2D eigenvalue weighted by Gasteiger charge is -1.90. The number of hydrogen-bond acceptors (Lipinski definition) is 3. The molecule has 4 heteroatoms. The summed E-state index contributed by atoms with van der Waals surface area (Å²) in [6.45, 7) is 0.0319. The summed E-state index contributed by atoms with van der Waals surface area (Å²) in [5.41, 5.74) is 1.29. The fourth-order valence-corrected chi connectivity index (χ4v) is 1.45. The smallest absolute Gasteiger partial charge is 0.371 e. The van der Waals surface area contributed by atoms with Crippen LogP contribution in [0.1, 0.15) is 22.5 Å². The normalized spacial score (nSPS) is 9.94. The predicted octanol–water partition coefficient (Wildman–Crippen LogP) is 1.86. The van der Waals surface area contributed by atoms with Gasteiger partial charge in [0.05, 0.1) is 6.61 Å². The molecular weight excluding hydrogens is 220 g/mol. The molecule has 0 radical (unpaired) electrons.